The van der Waals surface area contributed by atoms with Crippen molar-refractivity contribution in [3.05, 3.63) is 10.0 Å². The van der Waals surface area contributed by atoms with Crippen LogP contribution in [0.5, 0.6) is 0 Å². The van der Waals surface area contributed by atoms with Gasteiger partial charge in [-0.05, 0) is 27.7 Å². The van der Waals surface area contributed by atoms with E-state index in [2.05, 4.69) is 28.2 Å². The van der Waals surface area contributed by atoms with Crippen LogP contribution in [0.4, 0.5) is 9.93 Å². The van der Waals surface area contributed by atoms with Gasteiger partial charge in [0, 0.05) is 0 Å². The quantitative estimate of drug-likeness (QED) is 0.418. The first kappa shape index (κ1) is 21.7. The second kappa shape index (κ2) is 8.85. The lowest BCUT2D eigenvalue weighted by atomic mass is 10.2. The Bertz CT molecular complexity index is 732. The summed E-state index contributed by atoms with van der Waals surface area (Å²) in [5.74, 6) is -2.48. The fourth-order valence-corrected chi connectivity index (χ4v) is 2.38. The number of carbonyl (C=O) groups is 3. The normalized spacial score (nSPS) is 12.9. The molecule has 0 bridgehead atoms. The van der Waals surface area contributed by atoms with Gasteiger partial charge in [-0.25, -0.2) is 19.4 Å². The predicted octanol–water partition coefficient (Wildman–Crippen LogP) is 1.96. The number of aliphatic carboxylic acids is 1. The number of carboxylic acid groups (broad SMARTS) is 1. The highest BCUT2D eigenvalue weighted by molar-refractivity contribution is 7.20. The molecule has 0 aromatic carbocycles. The zero-order valence-electron chi connectivity index (χ0n) is 14.2. The van der Waals surface area contributed by atoms with Crippen LogP contribution in [-0.4, -0.2) is 53.6 Å². The molecular formula is C13H15BClN3O7S. The van der Waals surface area contributed by atoms with Crippen molar-refractivity contribution in [2.75, 3.05) is 5.32 Å². The first-order valence-corrected chi connectivity index (χ1v) is 8.18. The number of aromatic nitrogens is 1. The predicted molar refractivity (Wildman–Crippen MR) is 93.5 cm³/mol. The van der Waals surface area contributed by atoms with E-state index in [9.17, 15) is 19.5 Å². The molecule has 1 amide bonds. The fourth-order valence-electron chi connectivity index (χ4n) is 1.35. The van der Waals surface area contributed by atoms with Crippen molar-refractivity contribution in [3.63, 3.8) is 0 Å². The van der Waals surface area contributed by atoms with Crippen LogP contribution < -0.4 is 5.32 Å². The van der Waals surface area contributed by atoms with Crippen molar-refractivity contribution in [2.24, 2.45) is 5.16 Å². The maximum Gasteiger partial charge on any atom is 0.413 e. The Morgan fingerprint density at radius 2 is 2.00 bits per heavy atom. The molecule has 1 aromatic rings. The molecular weight excluding hydrogens is 388 g/mol. The lowest BCUT2D eigenvalue weighted by Crippen LogP contribution is -2.27. The zero-order chi connectivity index (χ0) is 20.1. The van der Waals surface area contributed by atoms with Gasteiger partial charge in [0.05, 0.1) is 0 Å². The van der Waals surface area contributed by atoms with E-state index in [0.29, 0.717) is 0 Å². The number of halogens is 1. The summed E-state index contributed by atoms with van der Waals surface area (Å²) in [6, 6.07) is 0. The third-order valence-electron chi connectivity index (χ3n) is 2.37. The minimum atomic E-state index is -1.52. The fraction of sp³-hybridized carbons (Fsp3) is 0.462. The number of amides is 1. The Balaban J connectivity index is 3.00. The van der Waals surface area contributed by atoms with Gasteiger partial charge in [-0.15, -0.1) is 0 Å². The highest BCUT2D eigenvalue weighted by Gasteiger charge is 2.25. The highest BCUT2D eigenvalue weighted by atomic mass is 35.5. The molecule has 10 nitrogen and oxygen atoms in total. The molecule has 1 rings (SSSR count). The van der Waals surface area contributed by atoms with Gasteiger partial charge in [0.1, 0.15) is 15.6 Å². The van der Waals surface area contributed by atoms with Crippen LogP contribution in [0, 0.1) is 0 Å². The van der Waals surface area contributed by atoms with Crippen molar-refractivity contribution in [3.8, 4) is 0 Å². The second-order valence-electron chi connectivity index (χ2n) is 5.70. The Labute approximate surface area is 158 Å². The molecule has 0 aliphatic heterocycles. The van der Waals surface area contributed by atoms with E-state index in [4.69, 9.17) is 21.2 Å². The molecule has 1 heterocycles. The number of anilines is 1. The topological polar surface area (TPSA) is 136 Å². The number of ether oxygens (including phenoxy) is 1. The van der Waals surface area contributed by atoms with Crippen molar-refractivity contribution in [2.45, 2.75) is 39.4 Å². The minimum absolute atomic E-state index is 0.0115. The number of oxime groups is 1. The van der Waals surface area contributed by atoms with Crippen LogP contribution in [-0.2, 0) is 23.8 Å². The van der Waals surface area contributed by atoms with Crippen molar-refractivity contribution < 1.29 is 33.7 Å². The lowest BCUT2D eigenvalue weighted by molar-refractivity contribution is -0.146. The van der Waals surface area contributed by atoms with Crippen molar-refractivity contribution in [1.82, 2.24) is 4.98 Å². The summed E-state index contributed by atoms with van der Waals surface area (Å²) >= 11 is 6.75. The van der Waals surface area contributed by atoms with Gasteiger partial charge < -0.3 is 19.3 Å². The molecule has 13 heteroatoms. The summed E-state index contributed by atoms with van der Waals surface area (Å²) in [6.45, 7) is 6.27. The summed E-state index contributed by atoms with van der Waals surface area (Å²) in [5, 5.41) is 14.9. The van der Waals surface area contributed by atoms with E-state index in [1.54, 1.807) is 20.8 Å². The average molecular weight is 404 g/mol. The van der Waals surface area contributed by atoms with Gasteiger partial charge in [0.2, 0.25) is 11.8 Å². The Morgan fingerprint density at radius 3 is 2.50 bits per heavy atom. The molecule has 2 N–H and O–H groups in total. The average Bonchev–Trinajstić information content (AvgIpc) is 2.84. The molecule has 2 radical (unpaired) electrons. The minimum Gasteiger partial charge on any atom is -0.541 e. The largest absolute Gasteiger partial charge is 0.541 e. The van der Waals surface area contributed by atoms with E-state index < -0.39 is 35.4 Å². The number of carbonyl (C=O) groups excluding carboxylic acids is 2. The van der Waals surface area contributed by atoms with E-state index in [-0.39, 0.29) is 15.2 Å². The molecule has 1 atom stereocenters. The summed E-state index contributed by atoms with van der Waals surface area (Å²) in [7, 11) is 4.69. The van der Waals surface area contributed by atoms with Gasteiger partial charge in [-0.2, -0.15) is 0 Å². The lowest BCUT2D eigenvalue weighted by Gasteiger charge is -2.18. The molecule has 140 valence electrons. The van der Waals surface area contributed by atoms with Crippen LogP contribution in [0.3, 0.4) is 0 Å². The Morgan fingerprint density at radius 1 is 1.38 bits per heavy atom. The molecule has 0 aliphatic carbocycles. The molecule has 0 aliphatic rings. The van der Waals surface area contributed by atoms with Crippen LogP contribution in [0.1, 0.15) is 33.4 Å². The Hall–Kier alpha value is -2.34. The van der Waals surface area contributed by atoms with Gasteiger partial charge in [-0.1, -0.05) is 28.1 Å². The molecule has 0 unspecified atom stereocenters. The molecule has 26 heavy (non-hydrogen) atoms. The maximum atomic E-state index is 11.7. The third-order valence-corrected chi connectivity index (χ3v) is 3.54. The number of nitrogens with one attached hydrogen (secondary N) is 1. The third kappa shape index (κ3) is 6.52. The van der Waals surface area contributed by atoms with Crippen LogP contribution in [0.15, 0.2) is 5.16 Å². The van der Waals surface area contributed by atoms with E-state index in [1.807, 2.05) is 0 Å². The number of nitrogens with zero attached hydrogens (tertiary/aromatic N) is 2. The number of rotatable bonds is 6. The highest BCUT2D eigenvalue weighted by Crippen LogP contribution is 2.29. The van der Waals surface area contributed by atoms with Gasteiger partial charge in [0.15, 0.2) is 5.13 Å². The van der Waals surface area contributed by atoms with E-state index >= 15 is 0 Å². The second-order valence-corrected chi connectivity index (χ2v) is 7.30. The zero-order valence-corrected chi connectivity index (χ0v) is 15.8. The van der Waals surface area contributed by atoms with Gasteiger partial charge in [0.25, 0.3) is 0 Å². The summed E-state index contributed by atoms with van der Waals surface area (Å²) in [4.78, 5) is 42.9. The first-order valence-electron chi connectivity index (χ1n) is 6.99. The number of hydrogen-bond acceptors (Lipinski definition) is 9. The molecule has 0 fully saturated rings. The summed E-state index contributed by atoms with van der Waals surface area (Å²) in [6.07, 6.45) is -2.05. The van der Waals surface area contributed by atoms with Crippen molar-refractivity contribution >= 4 is 59.9 Å². The van der Waals surface area contributed by atoms with Gasteiger partial charge >= 0.3 is 26.1 Å². The summed E-state index contributed by atoms with van der Waals surface area (Å²) < 4.78 is 8.92. The van der Waals surface area contributed by atoms with E-state index in [0.717, 1.165) is 11.3 Å². The first-order chi connectivity index (χ1) is 11.9. The maximum absolute atomic E-state index is 11.7. The van der Waals surface area contributed by atoms with Crippen LogP contribution in [0.25, 0.3) is 0 Å². The number of carboxylic acids is 1. The number of hydrogen-bond donors (Lipinski definition) is 2. The van der Waals surface area contributed by atoms with E-state index in [1.165, 1.54) is 6.92 Å². The molecule has 0 saturated heterocycles. The Kier molecular flexibility index (Phi) is 7.39. The smallest absolute Gasteiger partial charge is 0.413 e. The monoisotopic (exact) mass is 403 g/mol. The standard InChI is InChI=1S/C13H15BClN3O7S/c1-5(10(21)24-14)25-18-7(9(19)20)6-8(15)26-11(16-6)17-12(22)23-13(2,3)4/h5H,1-4H3,(H,19,20)(H,16,17,22)/b18-7-/t5-/m1/s1. The number of thiazole rings is 1. The summed E-state index contributed by atoms with van der Waals surface area (Å²) in [5.41, 5.74) is -1.67. The van der Waals surface area contributed by atoms with Crippen molar-refractivity contribution in [1.29, 1.82) is 0 Å². The van der Waals surface area contributed by atoms with Crippen LogP contribution >= 0.6 is 22.9 Å². The molecule has 1 aromatic heterocycles. The van der Waals surface area contributed by atoms with Crippen LogP contribution in [0.2, 0.25) is 4.34 Å². The molecule has 0 spiro atoms. The SMILES string of the molecule is [B]OC(=O)[C@@H](C)O/N=C(\C(=O)O)c1nc(NC(=O)OC(C)(C)C)sc1Cl. The van der Waals surface area contributed by atoms with Gasteiger partial charge in [-0.3, -0.25) is 5.32 Å². The molecule has 0 saturated carbocycles.